The Morgan fingerprint density at radius 3 is 2.43 bits per heavy atom. The zero-order chi connectivity index (χ0) is 10.8. The van der Waals surface area contributed by atoms with Crippen molar-refractivity contribution in [3.05, 3.63) is 0 Å². The third kappa shape index (κ3) is 6.89. The molecule has 0 fully saturated rings. The molecule has 0 aliphatic heterocycles. The van der Waals surface area contributed by atoms with Crippen LogP contribution in [0.25, 0.3) is 0 Å². The minimum atomic E-state index is -0.150. The fraction of sp³-hybridized carbons (Fsp3) is 0.909. The monoisotopic (exact) mass is 202 g/mol. The zero-order valence-corrected chi connectivity index (χ0v) is 9.54. The molecule has 0 amide bonds. The second kappa shape index (κ2) is 9.00. The second-order valence-electron chi connectivity index (χ2n) is 3.47. The minimum Gasteiger partial charge on any atom is -0.469 e. The van der Waals surface area contributed by atoms with E-state index in [-0.39, 0.29) is 12.1 Å². The van der Waals surface area contributed by atoms with Crippen LogP contribution in [0.5, 0.6) is 0 Å². The topological polar surface area (TPSA) is 35.5 Å². The second-order valence-corrected chi connectivity index (χ2v) is 3.47. The summed E-state index contributed by atoms with van der Waals surface area (Å²) in [6, 6.07) is 0. The number of hydrogen-bond donors (Lipinski definition) is 0. The van der Waals surface area contributed by atoms with E-state index in [0.29, 0.717) is 6.42 Å². The van der Waals surface area contributed by atoms with Crippen molar-refractivity contribution in [3.8, 4) is 0 Å². The predicted molar refractivity (Wildman–Crippen MR) is 56.2 cm³/mol. The van der Waals surface area contributed by atoms with E-state index in [0.717, 1.165) is 12.8 Å². The van der Waals surface area contributed by atoms with Crippen LogP contribution in [0.3, 0.4) is 0 Å². The number of rotatable bonds is 8. The average Bonchev–Trinajstić information content (AvgIpc) is 2.22. The molecule has 1 unspecified atom stereocenters. The van der Waals surface area contributed by atoms with Crippen LogP contribution >= 0.6 is 0 Å². The van der Waals surface area contributed by atoms with Gasteiger partial charge in [-0.05, 0) is 12.8 Å². The molecule has 0 rings (SSSR count). The highest BCUT2D eigenvalue weighted by Gasteiger charge is 2.09. The van der Waals surface area contributed by atoms with E-state index >= 15 is 0 Å². The Kier molecular flexibility index (Phi) is 8.64. The summed E-state index contributed by atoms with van der Waals surface area (Å²) in [7, 11) is 3.12. The van der Waals surface area contributed by atoms with E-state index in [1.807, 2.05) is 0 Å². The first kappa shape index (κ1) is 13.4. The van der Waals surface area contributed by atoms with Gasteiger partial charge in [0.25, 0.3) is 0 Å². The van der Waals surface area contributed by atoms with Crippen LogP contribution in [0.4, 0.5) is 0 Å². The van der Waals surface area contributed by atoms with Crippen LogP contribution in [-0.4, -0.2) is 26.3 Å². The maximum atomic E-state index is 10.9. The lowest BCUT2D eigenvalue weighted by molar-refractivity contribution is -0.141. The zero-order valence-electron chi connectivity index (χ0n) is 9.54. The summed E-state index contributed by atoms with van der Waals surface area (Å²) in [6.07, 6.45) is 6.11. The molecule has 0 aromatic carbocycles. The molecule has 0 spiro atoms. The quantitative estimate of drug-likeness (QED) is 0.448. The fourth-order valence-corrected chi connectivity index (χ4v) is 1.38. The molecule has 0 saturated heterocycles. The average molecular weight is 202 g/mol. The fourth-order valence-electron chi connectivity index (χ4n) is 1.38. The number of unbranched alkanes of at least 4 members (excludes halogenated alkanes) is 2. The molecule has 0 bridgehead atoms. The largest absolute Gasteiger partial charge is 0.469 e. The summed E-state index contributed by atoms with van der Waals surface area (Å²) >= 11 is 0. The third-order valence-corrected chi connectivity index (χ3v) is 2.36. The molecule has 0 aliphatic rings. The summed E-state index contributed by atoms with van der Waals surface area (Å²) in [5.74, 6) is -0.150. The van der Waals surface area contributed by atoms with Crippen molar-refractivity contribution in [2.45, 2.75) is 51.6 Å². The molecule has 1 atom stereocenters. The molecule has 0 N–H and O–H groups in total. The molecule has 0 aromatic rings. The van der Waals surface area contributed by atoms with Gasteiger partial charge in [0.1, 0.15) is 0 Å². The van der Waals surface area contributed by atoms with Crippen molar-refractivity contribution < 1.29 is 14.3 Å². The predicted octanol–water partition coefficient (Wildman–Crippen LogP) is 2.53. The molecule has 3 nitrogen and oxygen atoms in total. The smallest absolute Gasteiger partial charge is 0.305 e. The van der Waals surface area contributed by atoms with Crippen LogP contribution in [0.15, 0.2) is 0 Å². The number of esters is 1. The Morgan fingerprint density at radius 2 is 1.93 bits per heavy atom. The summed E-state index contributed by atoms with van der Waals surface area (Å²) in [5, 5.41) is 0. The first-order valence-electron chi connectivity index (χ1n) is 5.34. The maximum Gasteiger partial charge on any atom is 0.305 e. The number of methoxy groups -OCH3 is 2. The summed E-state index contributed by atoms with van der Waals surface area (Å²) in [6.45, 7) is 2.18. The SMILES string of the molecule is CCCCCC(CCC(=O)OC)OC. The standard InChI is InChI=1S/C11H22O3/c1-4-5-6-7-10(13-2)8-9-11(12)14-3/h10H,4-9H2,1-3H3. The van der Waals surface area contributed by atoms with Crippen molar-refractivity contribution >= 4 is 5.97 Å². The van der Waals surface area contributed by atoms with E-state index in [1.165, 1.54) is 26.4 Å². The van der Waals surface area contributed by atoms with Gasteiger partial charge in [-0.25, -0.2) is 0 Å². The lowest BCUT2D eigenvalue weighted by Crippen LogP contribution is -2.13. The highest BCUT2D eigenvalue weighted by molar-refractivity contribution is 5.69. The maximum absolute atomic E-state index is 10.9. The molecule has 0 heterocycles. The number of carbonyl (C=O) groups excluding carboxylic acids is 1. The van der Waals surface area contributed by atoms with Crippen molar-refractivity contribution in [2.24, 2.45) is 0 Å². The normalized spacial score (nSPS) is 12.5. The highest BCUT2D eigenvalue weighted by atomic mass is 16.5. The van der Waals surface area contributed by atoms with Crippen LogP contribution in [-0.2, 0) is 14.3 Å². The number of carbonyl (C=O) groups is 1. The number of hydrogen-bond acceptors (Lipinski definition) is 3. The molecule has 84 valence electrons. The molecule has 0 radical (unpaired) electrons. The van der Waals surface area contributed by atoms with E-state index < -0.39 is 0 Å². The molecular formula is C11H22O3. The number of ether oxygens (including phenoxy) is 2. The van der Waals surface area contributed by atoms with Crippen molar-refractivity contribution in [2.75, 3.05) is 14.2 Å². The summed E-state index contributed by atoms with van der Waals surface area (Å²) < 4.78 is 9.86. The first-order valence-corrected chi connectivity index (χ1v) is 5.34. The van der Waals surface area contributed by atoms with E-state index in [4.69, 9.17) is 4.74 Å². The van der Waals surface area contributed by atoms with Gasteiger partial charge in [0, 0.05) is 13.5 Å². The molecule has 0 aromatic heterocycles. The lowest BCUT2D eigenvalue weighted by atomic mass is 10.1. The summed E-state index contributed by atoms with van der Waals surface area (Å²) in [5.41, 5.74) is 0. The van der Waals surface area contributed by atoms with Gasteiger partial charge in [-0.15, -0.1) is 0 Å². The Labute approximate surface area is 86.8 Å². The van der Waals surface area contributed by atoms with Gasteiger partial charge >= 0.3 is 5.97 Å². The Bertz CT molecular complexity index is 145. The van der Waals surface area contributed by atoms with Crippen molar-refractivity contribution in [1.29, 1.82) is 0 Å². The summed E-state index contributed by atoms with van der Waals surface area (Å²) in [4.78, 5) is 10.9. The van der Waals surface area contributed by atoms with Gasteiger partial charge in [0.05, 0.1) is 13.2 Å². The van der Waals surface area contributed by atoms with Crippen LogP contribution in [0.2, 0.25) is 0 Å². The van der Waals surface area contributed by atoms with Gasteiger partial charge in [0.15, 0.2) is 0 Å². The van der Waals surface area contributed by atoms with Crippen LogP contribution in [0, 0.1) is 0 Å². The minimum absolute atomic E-state index is 0.150. The molecule has 14 heavy (non-hydrogen) atoms. The van der Waals surface area contributed by atoms with Crippen molar-refractivity contribution in [1.82, 2.24) is 0 Å². The molecular weight excluding hydrogens is 180 g/mol. The van der Waals surface area contributed by atoms with Crippen molar-refractivity contribution in [3.63, 3.8) is 0 Å². The van der Waals surface area contributed by atoms with E-state index in [9.17, 15) is 4.79 Å². The third-order valence-electron chi connectivity index (χ3n) is 2.36. The van der Waals surface area contributed by atoms with Gasteiger partial charge in [-0.3, -0.25) is 4.79 Å². The van der Waals surface area contributed by atoms with Gasteiger partial charge in [-0.2, -0.15) is 0 Å². The molecule has 3 heteroatoms. The Morgan fingerprint density at radius 1 is 1.21 bits per heavy atom. The van der Waals surface area contributed by atoms with Crippen LogP contribution in [0.1, 0.15) is 45.4 Å². The first-order chi connectivity index (χ1) is 6.74. The van der Waals surface area contributed by atoms with Crippen LogP contribution < -0.4 is 0 Å². The lowest BCUT2D eigenvalue weighted by Gasteiger charge is -2.13. The van der Waals surface area contributed by atoms with Gasteiger partial charge in [-0.1, -0.05) is 26.2 Å². The van der Waals surface area contributed by atoms with Gasteiger partial charge in [0.2, 0.25) is 0 Å². The van der Waals surface area contributed by atoms with E-state index in [1.54, 1.807) is 7.11 Å². The van der Waals surface area contributed by atoms with Gasteiger partial charge < -0.3 is 9.47 Å². The Hall–Kier alpha value is -0.570. The Balaban J connectivity index is 3.52. The molecule has 0 saturated carbocycles. The highest BCUT2D eigenvalue weighted by Crippen LogP contribution is 2.11. The van der Waals surface area contributed by atoms with E-state index in [2.05, 4.69) is 11.7 Å². The molecule has 0 aliphatic carbocycles.